The van der Waals surface area contributed by atoms with Gasteiger partial charge in [-0.05, 0) is 24.3 Å². The second-order valence-corrected chi connectivity index (χ2v) is 3.06. The van der Waals surface area contributed by atoms with Crippen LogP contribution in [0.5, 0.6) is 0 Å². The molecule has 0 aliphatic heterocycles. The smallest absolute Gasteiger partial charge is 0.174 e. The molecule has 0 amide bonds. The van der Waals surface area contributed by atoms with Crippen molar-refractivity contribution >= 4 is 0 Å². The summed E-state index contributed by atoms with van der Waals surface area (Å²) in [7, 11) is 0. The summed E-state index contributed by atoms with van der Waals surface area (Å²) < 4.78 is 23.2. The molecule has 10 heavy (non-hydrogen) atoms. The van der Waals surface area contributed by atoms with Crippen molar-refractivity contribution in [1.82, 2.24) is 0 Å². The van der Waals surface area contributed by atoms with E-state index in [1.165, 1.54) is 0 Å². The maximum atomic E-state index is 11.6. The van der Waals surface area contributed by atoms with E-state index in [0.717, 1.165) is 12.5 Å². The largest absolute Gasteiger partial charge is 0.266 e. The highest BCUT2D eigenvalue weighted by Gasteiger charge is 2.02. The molecule has 0 unspecified atom stereocenters. The molecule has 0 aromatic rings. The van der Waals surface area contributed by atoms with Crippen LogP contribution in [-0.2, 0) is 0 Å². The summed E-state index contributed by atoms with van der Waals surface area (Å²) in [5.41, 5.74) is 0. The molecular formula is C8H14F2. The summed E-state index contributed by atoms with van der Waals surface area (Å²) >= 11 is 0. The van der Waals surface area contributed by atoms with Crippen LogP contribution in [-0.4, -0.2) is 0 Å². The van der Waals surface area contributed by atoms with Gasteiger partial charge >= 0.3 is 0 Å². The predicted octanol–water partition coefficient (Wildman–Crippen LogP) is 3.45. The molecule has 0 saturated carbocycles. The third kappa shape index (κ3) is 5.73. The fourth-order valence-electron chi connectivity index (χ4n) is 1.03. The van der Waals surface area contributed by atoms with Gasteiger partial charge in [-0.2, -0.15) is 8.78 Å². The summed E-state index contributed by atoms with van der Waals surface area (Å²) in [5, 5.41) is 0. The van der Waals surface area contributed by atoms with Gasteiger partial charge in [-0.25, -0.2) is 0 Å². The van der Waals surface area contributed by atoms with Crippen LogP contribution < -0.4 is 0 Å². The van der Waals surface area contributed by atoms with Crippen LogP contribution in [0.3, 0.4) is 0 Å². The van der Waals surface area contributed by atoms with E-state index in [0.29, 0.717) is 5.92 Å². The molecule has 0 saturated heterocycles. The van der Waals surface area contributed by atoms with Crippen molar-refractivity contribution in [2.45, 2.75) is 27.2 Å². The monoisotopic (exact) mass is 148 g/mol. The average Bonchev–Trinajstić information content (AvgIpc) is 1.58. The quantitative estimate of drug-likeness (QED) is 0.575. The molecule has 1 atom stereocenters. The third-order valence-corrected chi connectivity index (χ3v) is 1.25. The zero-order chi connectivity index (χ0) is 8.15. The van der Waals surface area contributed by atoms with Gasteiger partial charge in [0.15, 0.2) is 0 Å². The van der Waals surface area contributed by atoms with E-state index in [-0.39, 0.29) is 5.92 Å². The van der Waals surface area contributed by atoms with E-state index in [1.54, 1.807) is 6.92 Å². The van der Waals surface area contributed by atoms with Gasteiger partial charge < -0.3 is 0 Å². The van der Waals surface area contributed by atoms with Crippen molar-refractivity contribution in [3.8, 4) is 0 Å². The molecule has 0 spiro atoms. The Hall–Kier alpha value is -0.400. The maximum absolute atomic E-state index is 11.6. The van der Waals surface area contributed by atoms with Gasteiger partial charge in [-0.1, -0.05) is 20.8 Å². The first kappa shape index (κ1) is 9.60. The molecule has 0 aliphatic carbocycles. The number of allylic oxidation sites excluding steroid dienone is 1. The van der Waals surface area contributed by atoms with Crippen LogP contribution >= 0.6 is 0 Å². The van der Waals surface area contributed by atoms with Gasteiger partial charge in [0, 0.05) is 0 Å². The maximum Gasteiger partial charge on any atom is 0.266 e. The Morgan fingerprint density at radius 1 is 1.30 bits per heavy atom. The molecule has 0 bridgehead atoms. The van der Waals surface area contributed by atoms with Gasteiger partial charge in [0.25, 0.3) is 6.08 Å². The molecule has 0 rings (SSSR count). The second-order valence-electron chi connectivity index (χ2n) is 3.06. The van der Waals surface area contributed by atoms with Crippen molar-refractivity contribution in [2.75, 3.05) is 0 Å². The molecule has 0 nitrogen and oxygen atoms in total. The lowest BCUT2D eigenvalue weighted by Crippen LogP contribution is -1.96. The molecule has 2 heteroatoms. The molecule has 0 N–H and O–H groups in total. The SMILES string of the molecule is CC(C)C[C@@H](C)C=C(F)F. The minimum atomic E-state index is -1.56. The van der Waals surface area contributed by atoms with Crippen molar-refractivity contribution in [3.05, 3.63) is 12.2 Å². The van der Waals surface area contributed by atoms with E-state index in [1.807, 2.05) is 13.8 Å². The van der Waals surface area contributed by atoms with Gasteiger partial charge in [0.05, 0.1) is 0 Å². The van der Waals surface area contributed by atoms with E-state index < -0.39 is 6.08 Å². The van der Waals surface area contributed by atoms with E-state index in [9.17, 15) is 8.78 Å². The summed E-state index contributed by atoms with van der Waals surface area (Å²) in [4.78, 5) is 0. The van der Waals surface area contributed by atoms with Gasteiger partial charge in [0.1, 0.15) is 0 Å². The standard InChI is InChI=1S/C8H14F2/c1-6(2)4-7(3)5-8(9)10/h5-7H,4H2,1-3H3/t7-/m1/s1. The number of hydrogen-bond acceptors (Lipinski definition) is 0. The lowest BCUT2D eigenvalue weighted by atomic mass is 9.99. The fourth-order valence-corrected chi connectivity index (χ4v) is 1.03. The zero-order valence-corrected chi connectivity index (χ0v) is 6.70. The molecule has 0 heterocycles. The van der Waals surface area contributed by atoms with E-state index in [2.05, 4.69) is 0 Å². The van der Waals surface area contributed by atoms with Crippen LogP contribution in [0.1, 0.15) is 27.2 Å². The van der Waals surface area contributed by atoms with Crippen LogP contribution in [0, 0.1) is 11.8 Å². The minimum absolute atomic E-state index is 0.00463. The lowest BCUT2D eigenvalue weighted by molar-refractivity contribution is 0.400. The van der Waals surface area contributed by atoms with Crippen LogP contribution in [0.2, 0.25) is 0 Å². The Kier molecular flexibility index (Phi) is 4.24. The van der Waals surface area contributed by atoms with E-state index in [4.69, 9.17) is 0 Å². The minimum Gasteiger partial charge on any atom is -0.174 e. The van der Waals surface area contributed by atoms with Crippen LogP contribution in [0.4, 0.5) is 8.78 Å². The highest BCUT2D eigenvalue weighted by molar-refractivity contribution is 4.85. The van der Waals surface area contributed by atoms with Crippen molar-refractivity contribution < 1.29 is 8.78 Å². The molecule has 0 radical (unpaired) electrons. The Labute approximate surface area is 60.9 Å². The van der Waals surface area contributed by atoms with Crippen molar-refractivity contribution in [3.63, 3.8) is 0 Å². The first-order valence-corrected chi connectivity index (χ1v) is 3.55. The highest BCUT2D eigenvalue weighted by Crippen LogP contribution is 2.14. The Bertz CT molecular complexity index is 112. The second kappa shape index (κ2) is 4.42. The van der Waals surface area contributed by atoms with Crippen molar-refractivity contribution in [1.29, 1.82) is 0 Å². The zero-order valence-electron chi connectivity index (χ0n) is 6.70. The first-order chi connectivity index (χ1) is 4.52. The Morgan fingerprint density at radius 3 is 2.10 bits per heavy atom. The fraction of sp³-hybridized carbons (Fsp3) is 0.750. The molecule has 0 fully saturated rings. The lowest BCUT2D eigenvalue weighted by Gasteiger charge is -2.07. The molecular weight excluding hydrogens is 134 g/mol. The molecule has 0 aromatic carbocycles. The Balaban J connectivity index is 3.64. The first-order valence-electron chi connectivity index (χ1n) is 3.55. The van der Waals surface area contributed by atoms with Gasteiger partial charge in [-0.3, -0.25) is 0 Å². The normalized spacial score (nSPS) is 13.4. The number of halogens is 2. The Morgan fingerprint density at radius 2 is 1.80 bits per heavy atom. The molecule has 0 aliphatic rings. The predicted molar refractivity (Wildman–Crippen MR) is 38.9 cm³/mol. The third-order valence-electron chi connectivity index (χ3n) is 1.25. The van der Waals surface area contributed by atoms with Crippen LogP contribution in [0.25, 0.3) is 0 Å². The van der Waals surface area contributed by atoms with Gasteiger partial charge in [0.2, 0.25) is 0 Å². The summed E-state index contributed by atoms with van der Waals surface area (Å²) in [5.74, 6) is 0.496. The van der Waals surface area contributed by atoms with E-state index >= 15 is 0 Å². The van der Waals surface area contributed by atoms with Crippen molar-refractivity contribution in [2.24, 2.45) is 11.8 Å². The van der Waals surface area contributed by atoms with Crippen LogP contribution in [0.15, 0.2) is 12.2 Å². The highest BCUT2D eigenvalue weighted by atomic mass is 19.3. The number of hydrogen-bond donors (Lipinski definition) is 0. The molecule has 60 valence electrons. The molecule has 0 aromatic heterocycles. The number of rotatable bonds is 3. The summed E-state index contributed by atoms with van der Waals surface area (Å²) in [6.45, 7) is 5.86. The topological polar surface area (TPSA) is 0 Å². The summed E-state index contributed by atoms with van der Waals surface area (Å²) in [6, 6.07) is 0. The van der Waals surface area contributed by atoms with Gasteiger partial charge in [-0.15, -0.1) is 0 Å². The average molecular weight is 148 g/mol. The summed E-state index contributed by atoms with van der Waals surface area (Å²) in [6.07, 6.45) is 0.283.